The van der Waals surface area contributed by atoms with Gasteiger partial charge in [0.25, 0.3) is 0 Å². The Morgan fingerprint density at radius 3 is 2.00 bits per heavy atom. The third-order valence-electron chi connectivity index (χ3n) is 3.36. The number of phenols is 2. The highest BCUT2D eigenvalue weighted by Crippen LogP contribution is 2.33. The molecular formula is C16H18BrNO2. The van der Waals surface area contributed by atoms with Crippen molar-refractivity contribution in [2.75, 3.05) is 0 Å². The Morgan fingerprint density at radius 2 is 1.45 bits per heavy atom. The molecular weight excluding hydrogens is 318 g/mol. The highest BCUT2D eigenvalue weighted by molar-refractivity contribution is 9.10. The largest absolute Gasteiger partial charge is 0.507 e. The van der Waals surface area contributed by atoms with Gasteiger partial charge in [0.2, 0.25) is 0 Å². The lowest BCUT2D eigenvalue weighted by molar-refractivity contribution is 0.407. The molecule has 2 atom stereocenters. The van der Waals surface area contributed by atoms with Crippen molar-refractivity contribution in [3.63, 3.8) is 0 Å². The summed E-state index contributed by atoms with van der Waals surface area (Å²) in [4.78, 5) is 0. The van der Waals surface area contributed by atoms with E-state index in [1.54, 1.807) is 18.2 Å². The monoisotopic (exact) mass is 335 g/mol. The fourth-order valence-electron chi connectivity index (χ4n) is 2.29. The molecule has 2 rings (SSSR count). The van der Waals surface area contributed by atoms with E-state index in [1.165, 1.54) is 0 Å². The van der Waals surface area contributed by atoms with Crippen molar-refractivity contribution in [1.82, 2.24) is 5.32 Å². The number of hydrogen-bond donors (Lipinski definition) is 3. The van der Waals surface area contributed by atoms with Crippen molar-refractivity contribution >= 4 is 15.9 Å². The van der Waals surface area contributed by atoms with Crippen LogP contribution in [0.2, 0.25) is 0 Å². The molecule has 106 valence electrons. The normalized spacial score (nSPS) is 13.9. The van der Waals surface area contributed by atoms with Crippen molar-refractivity contribution in [2.45, 2.75) is 25.9 Å². The zero-order valence-corrected chi connectivity index (χ0v) is 13.1. The average molecular weight is 336 g/mol. The number of hydrogen-bond acceptors (Lipinski definition) is 3. The second-order valence-corrected chi connectivity index (χ2v) is 5.79. The van der Waals surface area contributed by atoms with Crippen LogP contribution in [0.4, 0.5) is 0 Å². The number of benzene rings is 2. The lowest BCUT2D eigenvalue weighted by Gasteiger charge is -2.22. The molecule has 4 heteroatoms. The van der Waals surface area contributed by atoms with Gasteiger partial charge in [-0.05, 0) is 43.7 Å². The average Bonchev–Trinajstić information content (AvgIpc) is 2.39. The summed E-state index contributed by atoms with van der Waals surface area (Å²) in [5, 5.41) is 23.1. The second-order valence-electron chi connectivity index (χ2n) is 4.87. The van der Waals surface area contributed by atoms with E-state index in [0.717, 1.165) is 10.0 Å². The van der Waals surface area contributed by atoms with E-state index in [2.05, 4.69) is 28.2 Å². The van der Waals surface area contributed by atoms with Crippen LogP contribution in [0.25, 0.3) is 0 Å². The first-order valence-electron chi connectivity index (χ1n) is 6.51. The second kappa shape index (κ2) is 6.29. The lowest BCUT2D eigenvalue weighted by Crippen LogP contribution is -2.22. The summed E-state index contributed by atoms with van der Waals surface area (Å²) in [5.41, 5.74) is 1.67. The summed E-state index contributed by atoms with van der Waals surface area (Å²) in [6.07, 6.45) is 0. The predicted octanol–water partition coefficient (Wildman–Crippen LogP) is 4.27. The molecule has 20 heavy (non-hydrogen) atoms. The summed E-state index contributed by atoms with van der Waals surface area (Å²) in [5.74, 6) is 0.209. The molecule has 0 aromatic heterocycles. The van der Waals surface area contributed by atoms with E-state index in [-0.39, 0.29) is 23.6 Å². The Morgan fingerprint density at radius 1 is 0.900 bits per heavy atom. The quantitative estimate of drug-likeness (QED) is 0.781. The summed E-state index contributed by atoms with van der Waals surface area (Å²) in [7, 11) is 0. The minimum Gasteiger partial charge on any atom is -0.507 e. The fourth-order valence-corrected chi connectivity index (χ4v) is 2.56. The zero-order valence-electron chi connectivity index (χ0n) is 11.5. The molecule has 0 aliphatic rings. The van der Waals surface area contributed by atoms with Gasteiger partial charge in [-0.3, -0.25) is 0 Å². The number of halogens is 1. The Hall–Kier alpha value is -1.52. The lowest BCUT2D eigenvalue weighted by atomic mass is 10.0. The zero-order chi connectivity index (χ0) is 14.7. The molecule has 2 aromatic rings. The maximum absolute atomic E-state index is 9.88. The third kappa shape index (κ3) is 3.32. The maximum Gasteiger partial charge on any atom is 0.124 e. The van der Waals surface area contributed by atoms with Crippen LogP contribution in [0.5, 0.6) is 11.5 Å². The molecule has 0 aliphatic carbocycles. The van der Waals surface area contributed by atoms with Gasteiger partial charge in [0.15, 0.2) is 0 Å². The van der Waals surface area contributed by atoms with Crippen LogP contribution in [-0.4, -0.2) is 10.2 Å². The van der Waals surface area contributed by atoms with E-state index in [9.17, 15) is 10.2 Å². The minimum absolute atomic E-state index is 0.105. The number of rotatable bonds is 4. The standard InChI is InChI=1S/C16H18BrNO2/c1-10(12-6-8-13(17)9-7-12)18-11(2)16-14(19)4-3-5-15(16)20/h3-11,18-20H,1-2H3. The number of phenolic OH excluding ortho intramolecular Hbond substituents is 2. The summed E-state index contributed by atoms with van der Waals surface area (Å²) in [6, 6.07) is 12.8. The highest BCUT2D eigenvalue weighted by atomic mass is 79.9. The van der Waals surface area contributed by atoms with Crippen molar-refractivity contribution in [3.8, 4) is 11.5 Å². The topological polar surface area (TPSA) is 52.5 Å². The molecule has 0 fully saturated rings. The first-order valence-corrected chi connectivity index (χ1v) is 7.30. The molecule has 3 N–H and O–H groups in total. The van der Waals surface area contributed by atoms with E-state index >= 15 is 0 Å². The van der Waals surface area contributed by atoms with Crippen molar-refractivity contribution in [3.05, 3.63) is 58.1 Å². The van der Waals surface area contributed by atoms with Gasteiger partial charge in [0.1, 0.15) is 11.5 Å². The van der Waals surface area contributed by atoms with E-state index in [4.69, 9.17) is 0 Å². The van der Waals surface area contributed by atoms with Crippen LogP contribution < -0.4 is 5.32 Å². The summed E-state index contributed by atoms with van der Waals surface area (Å²) in [6.45, 7) is 3.97. The van der Waals surface area contributed by atoms with Crippen molar-refractivity contribution < 1.29 is 10.2 Å². The summed E-state index contributed by atoms with van der Waals surface area (Å²) >= 11 is 3.41. The van der Waals surface area contributed by atoms with Crippen LogP contribution in [-0.2, 0) is 0 Å². The molecule has 0 saturated carbocycles. The predicted molar refractivity (Wildman–Crippen MR) is 83.9 cm³/mol. The SMILES string of the molecule is CC(NC(C)c1c(O)cccc1O)c1ccc(Br)cc1. The van der Waals surface area contributed by atoms with Gasteiger partial charge in [-0.25, -0.2) is 0 Å². The molecule has 3 nitrogen and oxygen atoms in total. The molecule has 0 bridgehead atoms. The van der Waals surface area contributed by atoms with Gasteiger partial charge in [-0.1, -0.05) is 34.1 Å². The van der Waals surface area contributed by atoms with Gasteiger partial charge in [-0.15, -0.1) is 0 Å². The van der Waals surface area contributed by atoms with Crippen LogP contribution in [0.1, 0.15) is 37.1 Å². The first-order chi connectivity index (χ1) is 9.49. The fraction of sp³-hybridized carbons (Fsp3) is 0.250. The van der Waals surface area contributed by atoms with E-state index in [1.807, 2.05) is 31.2 Å². The molecule has 0 spiro atoms. The smallest absolute Gasteiger partial charge is 0.124 e. The van der Waals surface area contributed by atoms with Crippen LogP contribution in [0.3, 0.4) is 0 Å². The van der Waals surface area contributed by atoms with Crippen LogP contribution >= 0.6 is 15.9 Å². The first kappa shape index (κ1) is 14.9. The van der Waals surface area contributed by atoms with Crippen molar-refractivity contribution in [2.24, 2.45) is 0 Å². The van der Waals surface area contributed by atoms with Gasteiger partial charge in [0.05, 0.1) is 5.56 Å². The van der Waals surface area contributed by atoms with Gasteiger partial charge in [-0.2, -0.15) is 0 Å². The Kier molecular flexibility index (Phi) is 4.68. The number of aromatic hydroxyl groups is 2. The molecule has 2 aromatic carbocycles. The van der Waals surface area contributed by atoms with Crippen molar-refractivity contribution in [1.29, 1.82) is 0 Å². The highest BCUT2D eigenvalue weighted by Gasteiger charge is 2.17. The van der Waals surface area contributed by atoms with E-state index < -0.39 is 0 Å². The molecule has 0 heterocycles. The number of nitrogens with one attached hydrogen (secondary N) is 1. The molecule has 0 amide bonds. The van der Waals surface area contributed by atoms with Crippen LogP contribution in [0, 0.1) is 0 Å². The Bertz CT molecular complexity index is 563. The van der Waals surface area contributed by atoms with Crippen LogP contribution in [0.15, 0.2) is 46.9 Å². The maximum atomic E-state index is 9.88. The van der Waals surface area contributed by atoms with Gasteiger partial charge < -0.3 is 15.5 Å². The molecule has 0 saturated heterocycles. The third-order valence-corrected chi connectivity index (χ3v) is 3.89. The van der Waals surface area contributed by atoms with Gasteiger partial charge >= 0.3 is 0 Å². The Labute approximate surface area is 127 Å². The minimum atomic E-state index is -0.158. The summed E-state index contributed by atoms with van der Waals surface area (Å²) < 4.78 is 1.04. The van der Waals surface area contributed by atoms with E-state index in [0.29, 0.717) is 5.56 Å². The van der Waals surface area contributed by atoms with Gasteiger partial charge in [0, 0.05) is 16.6 Å². The molecule has 2 unspecified atom stereocenters. The molecule has 0 aliphatic heterocycles. The Balaban J connectivity index is 2.15. The molecule has 0 radical (unpaired) electrons.